The lowest BCUT2D eigenvalue weighted by atomic mass is 9.86. The molecule has 0 spiro atoms. The van der Waals surface area contributed by atoms with Crippen LogP contribution in [0.5, 0.6) is 5.75 Å². The lowest BCUT2D eigenvalue weighted by molar-refractivity contribution is -0.00944. The highest BCUT2D eigenvalue weighted by molar-refractivity contribution is 5.90. The first-order valence-corrected chi connectivity index (χ1v) is 9.80. The molecule has 1 fully saturated rings. The van der Waals surface area contributed by atoms with E-state index in [9.17, 15) is 9.90 Å². The van der Waals surface area contributed by atoms with Crippen molar-refractivity contribution < 1.29 is 19.1 Å². The summed E-state index contributed by atoms with van der Waals surface area (Å²) >= 11 is 0. The molecule has 1 aliphatic rings. The molecule has 8 heteroatoms. The third kappa shape index (κ3) is 3.86. The number of carbonyl (C=O) groups is 1. The second kappa shape index (κ2) is 8.16. The maximum atomic E-state index is 13.0. The molecule has 2 atom stereocenters. The summed E-state index contributed by atoms with van der Waals surface area (Å²) in [5.41, 5.74) is 0.886. The molecular formula is C22H24N4O4. The molecule has 2 aromatic carbocycles. The Bertz CT molecular complexity index is 1000. The summed E-state index contributed by atoms with van der Waals surface area (Å²) in [6, 6.07) is 13.9. The Morgan fingerprint density at radius 1 is 1.30 bits per heavy atom. The molecule has 2 heterocycles. The van der Waals surface area contributed by atoms with Crippen LogP contribution in [0.2, 0.25) is 0 Å². The number of benzene rings is 2. The van der Waals surface area contributed by atoms with Gasteiger partial charge in [0.05, 0.1) is 13.2 Å². The zero-order valence-corrected chi connectivity index (χ0v) is 16.9. The summed E-state index contributed by atoms with van der Waals surface area (Å²) in [4.78, 5) is 14.7. The standard InChI is InChI=1S/C22H24N4O4/c1-22(28,16-8-10-18(29-2)11-9-16)19-7-4-12-26(19)21(27)24-17-6-3-5-15(13-17)20-25-23-14-30-20/h3,5-6,8-11,13-14,19,28H,4,7,12H2,1-2H3,(H,24,27). The van der Waals surface area contributed by atoms with Gasteiger partial charge >= 0.3 is 6.03 Å². The molecule has 2 unspecified atom stereocenters. The van der Waals surface area contributed by atoms with Crippen molar-refractivity contribution in [3.05, 3.63) is 60.5 Å². The third-order valence-corrected chi connectivity index (χ3v) is 5.56. The highest BCUT2D eigenvalue weighted by atomic mass is 16.5. The minimum absolute atomic E-state index is 0.256. The molecule has 0 aliphatic carbocycles. The molecule has 8 nitrogen and oxygen atoms in total. The molecule has 30 heavy (non-hydrogen) atoms. The van der Waals surface area contributed by atoms with Gasteiger partial charge in [-0.05, 0) is 55.7 Å². The quantitative estimate of drug-likeness (QED) is 0.668. The number of methoxy groups -OCH3 is 1. The number of likely N-dealkylation sites (tertiary alicyclic amines) is 1. The predicted octanol–water partition coefficient (Wildman–Crippen LogP) is 3.65. The zero-order chi connectivity index (χ0) is 21.1. The van der Waals surface area contributed by atoms with Crippen molar-refractivity contribution in [3.8, 4) is 17.2 Å². The van der Waals surface area contributed by atoms with Crippen molar-refractivity contribution in [2.75, 3.05) is 19.0 Å². The van der Waals surface area contributed by atoms with Gasteiger partial charge in [-0.1, -0.05) is 18.2 Å². The number of rotatable bonds is 5. The van der Waals surface area contributed by atoms with Crippen LogP contribution in [-0.2, 0) is 5.60 Å². The molecule has 4 rings (SSSR count). The molecule has 1 aliphatic heterocycles. The molecule has 2 N–H and O–H groups in total. The first-order valence-electron chi connectivity index (χ1n) is 9.80. The first kappa shape index (κ1) is 19.9. The maximum Gasteiger partial charge on any atom is 0.322 e. The van der Waals surface area contributed by atoms with Crippen molar-refractivity contribution in [2.24, 2.45) is 0 Å². The minimum atomic E-state index is -1.19. The van der Waals surface area contributed by atoms with Crippen LogP contribution in [0.15, 0.2) is 59.3 Å². The average molecular weight is 408 g/mol. The van der Waals surface area contributed by atoms with E-state index in [1.165, 1.54) is 6.39 Å². The number of aromatic nitrogens is 2. The number of hydrogen-bond donors (Lipinski definition) is 2. The topological polar surface area (TPSA) is 101 Å². The van der Waals surface area contributed by atoms with Crippen molar-refractivity contribution in [1.29, 1.82) is 0 Å². The zero-order valence-electron chi connectivity index (χ0n) is 16.9. The Morgan fingerprint density at radius 3 is 2.80 bits per heavy atom. The predicted molar refractivity (Wildman–Crippen MR) is 111 cm³/mol. The van der Waals surface area contributed by atoms with Crippen LogP contribution in [0, 0.1) is 0 Å². The number of anilines is 1. The lowest BCUT2D eigenvalue weighted by Gasteiger charge is -2.37. The summed E-state index contributed by atoms with van der Waals surface area (Å²) < 4.78 is 10.4. The van der Waals surface area contributed by atoms with Gasteiger partial charge in [-0.3, -0.25) is 0 Å². The van der Waals surface area contributed by atoms with E-state index >= 15 is 0 Å². The number of carbonyl (C=O) groups excluding carboxylic acids is 1. The van der Waals surface area contributed by atoms with E-state index in [0.29, 0.717) is 30.1 Å². The van der Waals surface area contributed by atoms with E-state index < -0.39 is 5.60 Å². The van der Waals surface area contributed by atoms with Gasteiger partial charge in [0.2, 0.25) is 12.3 Å². The van der Waals surface area contributed by atoms with Crippen LogP contribution in [0.25, 0.3) is 11.5 Å². The number of nitrogens with zero attached hydrogens (tertiary/aromatic N) is 3. The van der Waals surface area contributed by atoms with Gasteiger partial charge < -0.3 is 24.5 Å². The lowest BCUT2D eigenvalue weighted by Crippen LogP contribution is -2.49. The van der Waals surface area contributed by atoms with Crippen molar-refractivity contribution in [3.63, 3.8) is 0 Å². The average Bonchev–Trinajstić information content (AvgIpc) is 3.46. The third-order valence-electron chi connectivity index (χ3n) is 5.56. The minimum Gasteiger partial charge on any atom is -0.497 e. The number of aliphatic hydroxyl groups is 1. The van der Waals surface area contributed by atoms with Gasteiger partial charge in [0.25, 0.3) is 0 Å². The molecule has 156 valence electrons. The van der Waals surface area contributed by atoms with Gasteiger partial charge in [-0.25, -0.2) is 4.79 Å². The van der Waals surface area contributed by atoms with Crippen LogP contribution in [0.4, 0.5) is 10.5 Å². The van der Waals surface area contributed by atoms with E-state index in [4.69, 9.17) is 9.15 Å². The second-order valence-electron chi connectivity index (χ2n) is 7.48. The van der Waals surface area contributed by atoms with Gasteiger partial charge in [0.1, 0.15) is 11.4 Å². The van der Waals surface area contributed by atoms with Crippen molar-refractivity contribution in [2.45, 2.75) is 31.4 Å². The number of urea groups is 1. The normalized spacial score (nSPS) is 18.1. The highest BCUT2D eigenvalue weighted by Crippen LogP contribution is 2.35. The van der Waals surface area contributed by atoms with Crippen molar-refractivity contribution >= 4 is 11.7 Å². The molecule has 3 aromatic rings. The Balaban J connectivity index is 1.51. The molecule has 0 radical (unpaired) electrons. The van der Waals surface area contributed by atoms with E-state index in [0.717, 1.165) is 17.7 Å². The summed E-state index contributed by atoms with van der Waals surface area (Å²) in [6.07, 6.45) is 2.80. The Labute approximate surface area is 174 Å². The number of hydrogen-bond acceptors (Lipinski definition) is 6. The SMILES string of the molecule is COc1ccc(C(C)(O)C2CCCN2C(=O)Nc2cccc(-c3nnco3)c2)cc1. The monoisotopic (exact) mass is 408 g/mol. The Morgan fingerprint density at radius 2 is 2.10 bits per heavy atom. The van der Waals surface area contributed by atoms with E-state index in [-0.39, 0.29) is 12.1 Å². The molecule has 0 saturated carbocycles. The van der Waals surface area contributed by atoms with Gasteiger partial charge in [-0.15, -0.1) is 10.2 Å². The maximum absolute atomic E-state index is 13.0. The van der Waals surface area contributed by atoms with Crippen LogP contribution in [0.3, 0.4) is 0 Å². The van der Waals surface area contributed by atoms with Crippen LogP contribution in [-0.4, -0.2) is 45.9 Å². The summed E-state index contributed by atoms with van der Waals surface area (Å²) in [7, 11) is 1.60. The van der Waals surface area contributed by atoms with E-state index in [2.05, 4.69) is 15.5 Å². The molecular weight excluding hydrogens is 384 g/mol. The molecule has 0 bridgehead atoms. The smallest absolute Gasteiger partial charge is 0.322 e. The van der Waals surface area contributed by atoms with Gasteiger partial charge in [0, 0.05) is 17.8 Å². The Hall–Kier alpha value is -3.39. The van der Waals surface area contributed by atoms with Crippen LogP contribution < -0.4 is 10.1 Å². The summed E-state index contributed by atoms with van der Waals surface area (Å²) in [5.74, 6) is 1.10. The fraction of sp³-hybridized carbons (Fsp3) is 0.318. The van der Waals surface area contributed by atoms with Crippen LogP contribution >= 0.6 is 0 Å². The summed E-state index contributed by atoms with van der Waals surface area (Å²) in [5, 5.41) is 21.8. The molecule has 1 aromatic heterocycles. The van der Waals surface area contributed by atoms with Crippen molar-refractivity contribution in [1.82, 2.24) is 15.1 Å². The summed E-state index contributed by atoms with van der Waals surface area (Å²) in [6.45, 7) is 2.33. The Kier molecular flexibility index (Phi) is 5.41. The molecule has 2 amide bonds. The second-order valence-corrected chi connectivity index (χ2v) is 7.48. The number of amides is 2. The van der Waals surface area contributed by atoms with Gasteiger partial charge in [0.15, 0.2) is 0 Å². The molecule has 1 saturated heterocycles. The number of ether oxygens (including phenoxy) is 1. The highest BCUT2D eigenvalue weighted by Gasteiger charge is 2.42. The van der Waals surface area contributed by atoms with E-state index in [1.54, 1.807) is 31.1 Å². The number of nitrogens with one attached hydrogen (secondary N) is 1. The fourth-order valence-electron chi connectivity index (χ4n) is 3.94. The first-order chi connectivity index (χ1) is 14.5. The van der Waals surface area contributed by atoms with Gasteiger partial charge in [-0.2, -0.15) is 0 Å². The van der Waals surface area contributed by atoms with E-state index in [1.807, 2.05) is 36.4 Å². The van der Waals surface area contributed by atoms with Crippen LogP contribution in [0.1, 0.15) is 25.3 Å². The fourth-order valence-corrected chi connectivity index (χ4v) is 3.94. The largest absolute Gasteiger partial charge is 0.497 e.